The molecular weight excluding hydrogens is 276 g/mol. The molecule has 1 saturated carbocycles. The number of carbonyl (C=O) groups excluding carboxylic acids is 1. The molecule has 0 radical (unpaired) electrons. The van der Waals surface area contributed by atoms with Crippen LogP contribution in [0.3, 0.4) is 0 Å². The van der Waals surface area contributed by atoms with Gasteiger partial charge < -0.3 is 10.2 Å². The van der Waals surface area contributed by atoms with Crippen LogP contribution in [0.2, 0.25) is 0 Å². The SMILES string of the molecule is O=C(C1CC=CC1)N1CCC2(CC(Nc3ncccn3)C2)C1. The molecule has 1 aromatic heterocycles. The molecule has 116 valence electrons. The Balaban J connectivity index is 1.30. The number of aromatic nitrogens is 2. The zero-order chi connectivity index (χ0) is 15.0. The van der Waals surface area contributed by atoms with E-state index in [4.69, 9.17) is 0 Å². The number of hydrogen-bond acceptors (Lipinski definition) is 4. The van der Waals surface area contributed by atoms with Crippen molar-refractivity contribution >= 4 is 11.9 Å². The number of carbonyl (C=O) groups is 1. The summed E-state index contributed by atoms with van der Waals surface area (Å²) in [5, 5.41) is 3.39. The summed E-state index contributed by atoms with van der Waals surface area (Å²) in [5.74, 6) is 1.29. The van der Waals surface area contributed by atoms with Crippen LogP contribution in [0.1, 0.15) is 32.1 Å². The molecular formula is C17H22N4O. The predicted molar refractivity (Wildman–Crippen MR) is 84.2 cm³/mol. The lowest BCUT2D eigenvalue weighted by Gasteiger charge is -2.45. The Labute approximate surface area is 130 Å². The van der Waals surface area contributed by atoms with Gasteiger partial charge >= 0.3 is 0 Å². The highest BCUT2D eigenvalue weighted by Crippen LogP contribution is 2.49. The van der Waals surface area contributed by atoms with Crippen molar-refractivity contribution in [3.63, 3.8) is 0 Å². The maximum Gasteiger partial charge on any atom is 0.226 e. The molecule has 5 nitrogen and oxygen atoms in total. The van der Waals surface area contributed by atoms with Gasteiger partial charge in [0.05, 0.1) is 0 Å². The van der Waals surface area contributed by atoms with Gasteiger partial charge in [0, 0.05) is 37.4 Å². The lowest BCUT2D eigenvalue weighted by molar-refractivity contribution is -0.134. The molecule has 1 N–H and O–H groups in total. The highest BCUT2D eigenvalue weighted by Gasteiger charge is 2.50. The molecule has 0 unspecified atom stereocenters. The Hall–Kier alpha value is -1.91. The molecule has 1 saturated heterocycles. The fraction of sp³-hybridized carbons (Fsp3) is 0.588. The van der Waals surface area contributed by atoms with Crippen LogP contribution in [0.25, 0.3) is 0 Å². The third kappa shape index (κ3) is 2.49. The molecule has 0 atom stereocenters. The molecule has 1 aromatic rings. The first-order valence-electron chi connectivity index (χ1n) is 8.21. The molecule has 0 bridgehead atoms. The summed E-state index contributed by atoms with van der Waals surface area (Å²) >= 11 is 0. The number of allylic oxidation sites excluding steroid dienone is 2. The van der Waals surface area contributed by atoms with Crippen LogP contribution in [-0.2, 0) is 4.79 Å². The highest BCUT2D eigenvalue weighted by molar-refractivity contribution is 5.80. The Bertz CT molecular complexity index is 572. The summed E-state index contributed by atoms with van der Waals surface area (Å²) in [7, 11) is 0. The van der Waals surface area contributed by atoms with E-state index >= 15 is 0 Å². The summed E-state index contributed by atoms with van der Waals surface area (Å²) in [6, 6.07) is 2.27. The molecule has 4 rings (SSSR count). The number of anilines is 1. The minimum absolute atomic E-state index is 0.210. The number of rotatable bonds is 3. The highest BCUT2D eigenvalue weighted by atomic mass is 16.2. The van der Waals surface area contributed by atoms with Crippen molar-refractivity contribution in [1.29, 1.82) is 0 Å². The third-order valence-electron chi connectivity index (χ3n) is 5.36. The van der Waals surface area contributed by atoms with Crippen molar-refractivity contribution in [2.75, 3.05) is 18.4 Å². The molecule has 0 aromatic carbocycles. The predicted octanol–water partition coefficient (Wildman–Crippen LogP) is 2.24. The van der Waals surface area contributed by atoms with E-state index in [-0.39, 0.29) is 5.92 Å². The number of likely N-dealkylation sites (tertiary alicyclic amines) is 1. The van der Waals surface area contributed by atoms with E-state index in [9.17, 15) is 4.79 Å². The first kappa shape index (κ1) is 13.7. The van der Waals surface area contributed by atoms with Crippen LogP contribution in [0.15, 0.2) is 30.6 Å². The van der Waals surface area contributed by atoms with Gasteiger partial charge in [-0.05, 0) is 43.6 Å². The van der Waals surface area contributed by atoms with E-state index in [0.29, 0.717) is 23.3 Å². The average Bonchev–Trinajstić information content (AvgIpc) is 3.17. The molecule has 2 heterocycles. The molecule has 1 aliphatic heterocycles. The van der Waals surface area contributed by atoms with Gasteiger partial charge in [0.15, 0.2) is 0 Å². The van der Waals surface area contributed by atoms with E-state index in [1.807, 2.05) is 6.07 Å². The van der Waals surface area contributed by atoms with Gasteiger partial charge in [-0.15, -0.1) is 0 Å². The van der Waals surface area contributed by atoms with E-state index in [0.717, 1.165) is 45.2 Å². The number of amides is 1. The standard InChI is InChI=1S/C17H22N4O/c22-15(13-4-1-2-5-13)21-9-6-17(12-21)10-14(11-17)20-16-18-7-3-8-19-16/h1-3,7-8,13-14H,4-6,9-12H2,(H,18,19,20). The lowest BCUT2D eigenvalue weighted by Crippen LogP contribution is -2.47. The second-order valence-electron chi connectivity index (χ2n) is 6.97. The number of nitrogens with zero attached hydrogens (tertiary/aromatic N) is 3. The number of hydrogen-bond donors (Lipinski definition) is 1. The summed E-state index contributed by atoms with van der Waals surface area (Å²) in [4.78, 5) is 23.0. The van der Waals surface area contributed by atoms with E-state index < -0.39 is 0 Å². The van der Waals surface area contributed by atoms with Crippen molar-refractivity contribution < 1.29 is 4.79 Å². The van der Waals surface area contributed by atoms with Crippen molar-refractivity contribution in [3.05, 3.63) is 30.6 Å². The van der Waals surface area contributed by atoms with Gasteiger partial charge in [-0.1, -0.05) is 12.2 Å². The van der Waals surface area contributed by atoms with Crippen LogP contribution >= 0.6 is 0 Å². The first-order chi connectivity index (χ1) is 10.7. The third-order valence-corrected chi connectivity index (χ3v) is 5.36. The zero-order valence-corrected chi connectivity index (χ0v) is 12.7. The Kier molecular flexibility index (Phi) is 3.36. The molecule has 3 aliphatic rings. The molecule has 1 amide bonds. The quantitative estimate of drug-likeness (QED) is 0.870. The van der Waals surface area contributed by atoms with E-state index in [2.05, 4.69) is 32.3 Å². The topological polar surface area (TPSA) is 58.1 Å². The normalized spacial score (nSPS) is 30.7. The van der Waals surface area contributed by atoms with Crippen molar-refractivity contribution in [2.24, 2.45) is 11.3 Å². The van der Waals surface area contributed by atoms with E-state index in [1.54, 1.807) is 12.4 Å². The second kappa shape index (κ2) is 5.38. The fourth-order valence-corrected chi connectivity index (χ4v) is 4.18. The molecule has 2 fully saturated rings. The molecule has 5 heteroatoms. The number of nitrogens with one attached hydrogen (secondary N) is 1. The van der Waals surface area contributed by atoms with Crippen LogP contribution < -0.4 is 5.32 Å². The second-order valence-corrected chi connectivity index (χ2v) is 6.97. The summed E-state index contributed by atoms with van der Waals surface area (Å²) in [6.07, 6.45) is 13.0. The van der Waals surface area contributed by atoms with E-state index in [1.165, 1.54) is 0 Å². The Morgan fingerprint density at radius 3 is 2.68 bits per heavy atom. The summed E-state index contributed by atoms with van der Waals surface area (Å²) < 4.78 is 0. The largest absolute Gasteiger partial charge is 0.351 e. The van der Waals surface area contributed by atoms with Crippen molar-refractivity contribution in [1.82, 2.24) is 14.9 Å². The first-order valence-corrected chi connectivity index (χ1v) is 8.21. The van der Waals surface area contributed by atoms with Crippen LogP contribution in [0, 0.1) is 11.3 Å². The maximum absolute atomic E-state index is 12.5. The molecule has 2 aliphatic carbocycles. The van der Waals surface area contributed by atoms with Crippen LogP contribution in [0.5, 0.6) is 0 Å². The minimum Gasteiger partial charge on any atom is -0.351 e. The van der Waals surface area contributed by atoms with Crippen LogP contribution in [-0.4, -0.2) is 39.9 Å². The van der Waals surface area contributed by atoms with Crippen molar-refractivity contribution in [2.45, 2.75) is 38.1 Å². The lowest BCUT2D eigenvalue weighted by atomic mass is 9.65. The van der Waals surface area contributed by atoms with Gasteiger partial charge in [0.25, 0.3) is 0 Å². The van der Waals surface area contributed by atoms with Gasteiger partial charge in [-0.2, -0.15) is 0 Å². The summed E-state index contributed by atoms with van der Waals surface area (Å²) in [6.45, 7) is 1.88. The Morgan fingerprint density at radius 2 is 1.95 bits per heavy atom. The monoisotopic (exact) mass is 298 g/mol. The van der Waals surface area contributed by atoms with Crippen molar-refractivity contribution in [3.8, 4) is 0 Å². The molecule has 22 heavy (non-hydrogen) atoms. The van der Waals surface area contributed by atoms with Gasteiger partial charge in [0.2, 0.25) is 11.9 Å². The maximum atomic E-state index is 12.5. The average molecular weight is 298 g/mol. The Morgan fingerprint density at radius 1 is 1.23 bits per heavy atom. The zero-order valence-electron chi connectivity index (χ0n) is 12.7. The van der Waals surface area contributed by atoms with Gasteiger partial charge in [-0.25, -0.2) is 9.97 Å². The fourth-order valence-electron chi connectivity index (χ4n) is 4.18. The summed E-state index contributed by atoms with van der Waals surface area (Å²) in [5.41, 5.74) is 0.341. The van der Waals surface area contributed by atoms with Gasteiger partial charge in [0.1, 0.15) is 0 Å². The van der Waals surface area contributed by atoms with Gasteiger partial charge in [-0.3, -0.25) is 4.79 Å². The van der Waals surface area contributed by atoms with Crippen LogP contribution in [0.4, 0.5) is 5.95 Å². The smallest absolute Gasteiger partial charge is 0.226 e. The molecule has 1 spiro atoms. The minimum atomic E-state index is 0.210.